The highest BCUT2D eigenvalue weighted by Crippen LogP contribution is 2.58. The number of fused-ring (bicyclic) bond motifs is 2. The van der Waals surface area contributed by atoms with Gasteiger partial charge in [-0.2, -0.15) is 0 Å². The summed E-state index contributed by atoms with van der Waals surface area (Å²) in [5, 5.41) is 0. The number of para-hydroxylation sites is 2. The highest BCUT2D eigenvalue weighted by Gasteiger charge is 2.54. The van der Waals surface area contributed by atoms with Gasteiger partial charge in [-0.1, -0.05) is 18.6 Å². The first-order valence-electron chi connectivity index (χ1n) is 6.93. The van der Waals surface area contributed by atoms with Crippen molar-refractivity contribution in [1.82, 2.24) is 4.98 Å². The fourth-order valence-electron chi connectivity index (χ4n) is 3.86. The van der Waals surface area contributed by atoms with Crippen LogP contribution in [0.2, 0.25) is 0 Å². The Morgan fingerprint density at radius 1 is 1.28 bits per heavy atom. The SMILES string of the molecule is NC(Cc1nc2ccccc2o1)C1C2CCCC21. The fraction of sp³-hybridized carbons (Fsp3) is 0.533. The monoisotopic (exact) mass is 242 g/mol. The zero-order chi connectivity index (χ0) is 12.1. The van der Waals surface area contributed by atoms with Gasteiger partial charge < -0.3 is 10.2 Å². The van der Waals surface area contributed by atoms with Crippen LogP contribution in [0.1, 0.15) is 25.2 Å². The maximum Gasteiger partial charge on any atom is 0.197 e. The van der Waals surface area contributed by atoms with Gasteiger partial charge in [0.2, 0.25) is 0 Å². The number of nitrogens with zero attached hydrogens (tertiary/aromatic N) is 1. The highest BCUT2D eigenvalue weighted by atomic mass is 16.3. The minimum absolute atomic E-state index is 0.230. The molecule has 0 spiro atoms. The molecule has 0 saturated heterocycles. The van der Waals surface area contributed by atoms with E-state index in [4.69, 9.17) is 10.2 Å². The Bertz CT molecular complexity index is 534. The third-order valence-electron chi connectivity index (χ3n) is 4.72. The second-order valence-corrected chi connectivity index (χ2v) is 5.78. The average molecular weight is 242 g/mol. The van der Waals surface area contributed by atoms with Crippen LogP contribution < -0.4 is 5.73 Å². The van der Waals surface area contributed by atoms with Gasteiger partial charge in [0.05, 0.1) is 0 Å². The van der Waals surface area contributed by atoms with Gasteiger partial charge in [0, 0.05) is 12.5 Å². The van der Waals surface area contributed by atoms with Crippen molar-refractivity contribution >= 4 is 11.1 Å². The van der Waals surface area contributed by atoms with Crippen LogP contribution >= 0.6 is 0 Å². The van der Waals surface area contributed by atoms with Crippen LogP contribution in [0.15, 0.2) is 28.7 Å². The topological polar surface area (TPSA) is 52.0 Å². The van der Waals surface area contributed by atoms with Crippen molar-refractivity contribution in [1.29, 1.82) is 0 Å². The second kappa shape index (κ2) is 3.82. The van der Waals surface area contributed by atoms with Gasteiger partial charge in [0.1, 0.15) is 5.52 Å². The summed E-state index contributed by atoms with van der Waals surface area (Å²) < 4.78 is 5.75. The van der Waals surface area contributed by atoms with Crippen LogP contribution in [0.5, 0.6) is 0 Å². The molecular weight excluding hydrogens is 224 g/mol. The Kier molecular flexibility index (Phi) is 2.24. The summed E-state index contributed by atoms with van der Waals surface area (Å²) in [5.74, 6) is 3.34. The molecule has 4 rings (SSSR count). The van der Waals surface area contributed by atoms with E-state index in [2.05, 4.69) is 4.98 Å². The molecule has 3 atom stereocenters. The Morgan fingerprint density at radius 2 is 2.06 bits per heavy atom. The molecule has 2 aromatic rings. The maximum absolute atomic E-state index is 6.32. The quantitative estimate of drug-likeness (QED) is 0.900. The molecule has 2 N–H and O–H groups in total. The van der Waals surface area contributed by atoms with E-state index in [1.165, 1.54) is 19.3 Å². The molecule has 0 amide bonds. The van der Waals surface area contributed by atoms with Crippen molar-refractivity contribution in [2.45, 2.75) is 31.7 Å². The zero-order valence-electron chi connectivity index (χ0n) is 10.4. The van der Waals surface area contributed by atoms with Gasteiger partial charge in [0.15, 0.2) is 11.5 Å². The molecule has 2 aliphatic rings. The van der Waals surface area contributed by atoms with Gasteiger partial charge in [-0.3, -0.25) is 0 Å². The normalized spacial score (nSPS) is 31.5. The number of rotatable bonds is 3. The number of nitrogens with two attached hydrogens (primary N) is 1. The lowest BCUT2D eigenvalue weighted by Crippen LogP contribution is -2.27. The summed E-state index contributed by atoms with van der Waals surface area (Å²) in [6, 6.07) is 8.14. The Balaban J connectivity index is 1.50. The smallest absolute Gasteiger partial charge is 0.197 e. The highest BCUT2D eigenvalue weighted by molar-refractivity contribution is 5.72. The fourth-order valence-corrected chi connectivity index (χ4v) is 3.86. The van der Waals surface area contributed by atoms with E-state index in [9.17, 15) is 0 Å². The summed E-state index contributed by atoms with van der Waals surface area (Å²) in [6.07, 6.45) is 4.96. The zero-order valence-corrected chi connectivity index (χ0v) is 10.4. The molecule has 2 aliphatic carbocycles. The Morgan fingerprint density at radius 3 is 2.83 bits per heavy atom. The summed E-state index contributed by atoms with van der Waals surface area (Å²) in [4.78, 5) is 4.51. The summed E-state index contributed by atoms with van der Waals surface area (Å²) in [6.45, 7) is 0. The average Bonchev–Trinajstić information content (AvgIpc) is 2.77. The first kappa shape index (κ1) is 10.6. The van der Waals surface area contributed by atoms with Crippen molar-refractivity contribution in [2.24, 2.45) is 23.5 Å². The first-order valence-corrected chi connectivity index (χ1v) is 6.93. The molecule has 1 aromatic heterocycles. The summed E-state index contributed by atoms with van der Waals surface area (Å²) in [5.41, 5.74) is 8.13. The number of benzene rings is 1. The van der Waals surface area contributed by atoms with Crippen molar-refractivity contribution in [2.75, 3.05) is 0 Å². The predicted molar refractivity (Wildman–Crippen MR) is 70.0 cm³/mol. The van der Waals surface area contributed by atoms with Crippen molar-refractivity contribution < 1.29 is 4.42 Å². The molecule has 2 fully saturated rings. The lowest BCUT2D eigenvalue weighted by atomic mass is 10.0. The molecule has 2 saturated carbocycles. The molecule has 0 aliphatic heterocycles. The lowest BCUT2D eigenvalue weighted by molar-refractivity contribution is 0.435. The maximum atomic E-state index is 6.32. The summed E-state index contributed by atoms with van der Waals surface area (Å²) in [7, 11) is 0. The van der Waals surface area contributed by atoms with E-state index < -0.39 is 0 Å². The molecule has 3 nitrogen and oxygen atoms in total. The number of oxazole rings is 1. The van der Waals surface area contributed by atoms with Crippen LogP contribution in [0, 0.1) is 17.8 Å². The molecule has 3 heteroatoms. The molecule has 0 bridgehead atoms. The molecular formula is C15H18N2O. The van der Waals surface area contributed by atoms with E-state index in [1.54, 1.807) is 0 Å². The largest absolute Gasteiger partial charge is 0.441 e. The number of hydrogen-bond donors (Lipinski definition) is 1. The molecule has 1 aromatic carbocycles. The standard InChI is InChI=1S/C15H18N2O/c16-11(15-9-4-3-5-10(9)15)8-14-17-12-6-1-2-7-13(12)18-14/h1-2,6-7,9-11,15H,3-5,8,16H2. The molecule has 94 valence electrons. The van der Waals surface area contributed by atoms with Gasteiger partial charge in [-0.05, 0) is 42.7 Å². The summed E-state index contributed by atoms with van der Waals surface area (Å²) >= 11 is 0. The van der Waals surface area contributed by atoms with Crippen molar-refractivity contribution in [3.8, 4) is 0 Å². The third-order valence-corrected chi connectivity index (χ3v) is 4.72. The minimum atomic E-state index is 0.230. The van der Waals surface area contributed by atoms with E-state index in [0.717, 1.165) is 41.2 Å². The second-order valence-electron chi connectivity index (χ2n) is 5.78. The van der Waals surface area contributed by atoms with Crippen molar-refractivity contribution in [3.63, 3.8) is 0 Å². The molecule has 1 heterocycles. The van der Waals surface area contributed by atoms with E-state index in [-0.39, 0.29) is 6.04 Å². The number of hydrogen-bond acceptors (Lipinski definition) is 3. The van der Waals surface area contributed by atoms with Gasteiger partial charge in [-0.25, -0.2) is 4.98 Å². The van der Waals surface area contributed by atoms with E-state index >= 15 is 0 Å². The third kappa shape index (κ3) is 1.57. The van der Waals surface area contributed by atoms with Crippen LogP contribution in [-0.4, -0.2) is 11.0 Å². The Hall–Kier alpha value is -1.35. The predicted octanol–water partition coefficient (Wildman–Crippen LogP) is 2.74. The number of aromatic nitrogens is 1. The Labute approximate surface area is 106 Å². The molecule has 3 unspecified atom stereocenters. The van der Waals surface area contributed by atoms with Crippen LogP contribution in [-0.2, 0) is 6.42 Å². The first-order chi connectivity index (χ1) is 8.83. The van der Waals surface area contributed by atoms with E-state index in [0.29, 0.717) is 0 Å². The van der Waals surface area contributed by atoms with Crippen LogP contribution in [0.4, 0.5) is 0 Å². The molecule has 0 radical (unpaired) electrons. The lowest BCUT2D eigenvalue weighted by Gasteiger charge is -2.10. The molecule has 18 heavy (non-hydrogen) atoms. The van der Waals surface area contributed by atoms with Gasteiger partial charge in [-0.15, -0.1) is 0 Å². The van der Waals surface area contributed by atoms with Gasteiger partial charge >= 0.3 is 0 Å². The minimum Gasteiger partial charge on any atom is -0.441 e. The van der Waals surface area contributed by atoms with Crippen molar-refractivity contribution in [3.05, 3.63) is 30.2 Å². The van der Waals surface area contributed by atoms with E-state index in [1.807, 2.05) is 24.3 Å². The van der Waals surface area contributed by atoms with Crippen LogP contribution in [0.25, 0.3) is 11.1 Å². The van der Waals surface area contributed by atoms with Gasteiger partial charge in [0.25, 0.3) is 0 Å². The van der Waals surface area contributed by atoms with Crippen LogP contribution in [0.3, 0.4) is 0 Å².